The van der Waals surface area contributed by atoms with Gasteiger partial charge < -0.3 is 19.5 Å². The summed E-state index contributed by atoms with van der Waals surface area (Å²) in [6.45, 7) is 2.16. The Morgan fingerprint density at radius 2 is 1.82 bits per heavy atom. The van der Waals surface area contributed by atoms with Gasteiger partial charge >= 0.3 is 0 Å². The predicted octanol–water partition coefficient (Wildman–Crippen LogP) is 5.62. The summed E-state index contributed by atoms with van der Waals surface area (Å²) in [6, 6.07) is 26.8. The van der Waals surface area contributed by atoms with Crippen LogP contribution in [0.2, 0.25) is 0 Å². The highest BCUT2D eigenvalue weighted by molar-refractivity contribution is 7.80. The molecule has 0 unspecified atom stereocenters. The maximum absolute atomic E-state index is 5.87. The Hall–Kier alpha value is -3.64. The molecular weight excluding hydrogens is 428 g/mol. The van der Waals surface area contributed by atoms with Crippen molar-refractivity contribution in [2.24, 2.45) is 0 Å². The third-order valence-corrected chi connectivity index (χ3v) is 6.45. The predicted molar refractivity (Wildman–Crippen MR) is 136 cm³/mol. The van der Waals surface area contributed by atoms with Gasteiger partial charge in [0.25, 0.3) is 0 Å². The van der Waals surface area contributed by atoms with Crippen molar-refractivity contribution in [3.63, 3.8) is 0 Å². The second-order valence-corrected chi connectivity index (χ2v) is 8.41. The molecular formula is C27H26N4OS. The number of hydrogen-bond donors (Lipinski definition) is 1. The summed E-state index contributed by atoms with van der Waals surface area (Å²) in [7, 11) is 1.69. The maximum atomic E-state index is 5.87. The molecule has 0 amide bonds. The van der Waals surface area contributed by atoms with Crippen LogP contribution in [0.4, 0.5) is 5.69 Å². The molecule has 0 bridgehead atoms. The van der Waals surface area contributed by atoms with Crippen LogP contribution >= 0.6 is 12.2 Å². The minimum Gasteiger partial charge on any atom is -0.497 e. The van der Waals surface area contributed by atoms with Crippen LogP contribution in [-0.2, 0) is 6.42 Å². The van der Waals surface area contributed by atoms with Crippen LogP contribution in [0.3, 0.4) is 0 Å². The molecule has 166 valence electrons. The molecule has 4 aromatic rings. The van der Waals surface area contributed by atoms with Crippen LogP contribution in [0, 0.1) is 0 Å². The van der Waals surface area contributed by atoms with E-state index in [1.807, 2.05) is 36.5 Å². The number of anilines is 1. The SMILES string of the molecule is CCc1ccc(N2C(=S)N[C@H](c3ccccn3)[C@H]2c2cccn2-c2cccc(OC)c2)cc1. The molecule has 5 nitrogen and oxygen atoms in total. The third-order valence-electron chi connectivity index (χ3n) is 6.14. The van der Waals surface area contributed by atoms with Crippen LogP contribution in [0.1, 0.15) is 36.0 Å². The molecule has 5 rings (SSSR count). The van der Waals surface area contributed by atoms with Crippen LogP contribution in [0.5, 0.6) is 5.75 Å². The number of hydrogen-bond acceptors (Lipinski definition) is 3. The van der Waals surface area contributed by atoms with E-state index < -0.39 is 0 Å². The van der Waals surface area contributed by atoms with Crippen molar-refractivity contribution in [2.75, 3.05) is 12.0 Å². The normalized spacial score (nSPS) is 17.8. The summed E-state index contributed by atoms with van der Waals surface area (Å²) >= 11 is 5.87. The van der Waals surface area contributed by atoms with E-state index in [4.69, 9.17) is 17.0 Å². The average molecular weight is 455 g/mol. The minimum absolute atomic E-state index is 0.0823. The number of nitrogens with zero attached hydrogens (tertiary/aromatic N) is 3. The molecule has 33 heavy (non-hydrogen) atoms. The molecule has 2 atom stereocenters. The number of thiocarbonyl (C=S) groups is 1. The largest absolute Gasteiger partial charge is 0.497 e. The molecule has 1 saturated heterocycles. The monoisotopic (exact) mass is 454 g/mol. The third kappa shape index (κ3) is 3.98. The van der Waals surface area contributed by atoms with E-state index in [9.17, 15) is 0 Å². The Morgan fingerprint density at radius 3 is 2.55 bits per heavy atom. The Balaban J connectivity index is 1.64. The van der Waals surface area contributed by atoms with Crippen LogP contribution in [0.15, 0.2) is 91.3 Å². The zero-order valence-electron chi connectivity index (χ0n) is 18.7. The standard InChI is InChI=1S/C27H26N4OS/c1-3-19-12-14-20(15-13-19)31-26(25(29-27(31)33)23-10-4-5-16-28-23)24-11-7-17-30(24)21-8-6-9-22(18-21)32-2/h4-18,25-26H,3H2,1-2H3,(H,29,33)/t25-,26-/m1/s1. The lowest BCUT2D eigenvalue weighted by molar-refractivity contribution is 0.414. The fourth-order valence-corrected chi connectivity index (χ4v) is 4.80. The Morgan fingerprint density at radius 1 is 0.970 bits per heavy atom. The van der Waals surface area contributed by atoms with Gasteiger partial charge in [0.2, 0.25) is 0 Å². The van der Waals surface area contributed by atoms with Crippen molar-refractivity contribution >= 4 is 23.0 Å². The Labute approximate surface area is 199 Å². The first-order chi connectivity index (χ1) is 16.2. The first-order valence-corrected chi connectivity index (χ1v) is 11.5. The molecule has 1 aliphatic rings. The first kappa shape index (κ1) is 21.2. The number of ether oxygens (including phenoxy) is 1. The van der Waals surface area contributed by atoms with E-state index in [-0.39, 0.29) is 12.1 Å². The molecule has 1 N–H and O–H groups in total. The van der Waals surface area contributed by atoms with E-state index in [1.54, 1.807) is 7.11 Å². The van der Waals surface area contributed by atoms with Gasteiger partial charge in [0, 0.05) is 35.5 Å². The van der Waals surface area contributed by atoms with Gasteiger partial charge in [0.15, 0.2) is 5.11 Å². The summed E-state index contributed by atoms with van der Waals surface area (Å²) in [6.07, 6.45) is 4.91. The fourth-order valence-electron chi connectivity index (χ4n) is 4.46. The zero-order chi connectivity index (χ0) is 22.8. The molecule has 2 aromatic carbocycles. The summed E-state index contributed by atoms with van der Waals surface area (Å²) in [4.78, 5) is 6.87. The number of methoxy groups -OCH3 is 1. The highest BCUT2D eigenvalue weighted by Gasteiger charge is 2.42. The molecule has 1 fully saturated rings. The molecule has 3 heterocycles. The van der Waals surface area contributed by atoms with Crippen molar-refractivity contribution < 1.29 is 4.74 Å². The van der Waals surface area contributed by atoms with Gasteiger partial charge in [-0.25, -0.2) is 0 Å². The Kier molecular flexibility index (Phi) is 5.84. The summed E-state index contributed by atoms with van der Waals surface area (Å²) in [5.74, 6) is 0.820. The van der Waals surface area contributed by atoms with Gasteiger partial charge in [-0.3, -0.25) is 4.98 Å². The van der Waals surface area contributed by atoms with E-state index in [1.165, 1.54) is 5.56 Å². The van der Waals surface area contributed by atoms with Crippen LogP contribution in [-0.4, -0.2) is 21.8 Å². The van der Waals surface area contributed by atoms with E-state index in [0.29, 0.717) is 5.11 Å². The number of benzene rings is 2. The highest BCUT2D eigenvalue weighted by atomic mass is 32.1. The smallest absolute Gasteiger partial charge is 0.174 e. The average Bonchev–Trinajstić information content (AvgIpc) is 3.49. The molecule has 0 radical (unpaired) electrons. The van der Waals surface area contributed by atoms with Crippen LogP contribution in [0.25, 0.3) is 5.69 Å². The number of rotatable bonds is 6. The van der Waals surface area contributed by atoms with Gasteiger partial charge in [0.05, 0.1) is 18.8 Å². The quantitative estimate of drug-likeness (QED) is 0.383. The second-order valence-electron chi connectivity index (χ2n) is 8.02. The Bertz CT molecular complexity index is 1250. The van der Waals surface area contributed by atoms with Gasteiger partial charge in [-0.05, 0) is 72.7 Å². The maximum Gasteiger partial charge on any atom is 0.174 e. The van der Waals surface area contributed by atoms with Crippen molar-refractivity contribution in [2.45, 2.75) is 25.4 Å². The molecule has 2 aromatic heterocycles. The minimum atomic E-state index is -0.0937. The molecule has 0 spiro atoms. The topological polar surface area (TPSA) is 42.3 Å². The van der Waals surface area contributed by atoms with E-state index in [0.717, 1.165) is 34.9 Å². The fraction of sp³-hybridized carbons (Fsp3) is 0.185. The molecule has 6 heteroatoms. The van der Waals surface area contributed by atoms with Gasteiger partial charge in [-0.1, -0.05) is 31.2 Å². The number of aromatic nitrogens is 2. The van der Waals surface area contributed by atoms with Gasteiger partial charge in [0.1, 0.15) is 11.8 Å². The molecule has 0 aliphatic carbocycles. The second kappa shape index (κ2) is 9.08. The number of pyridine rings is 1. The molecule has 1 aliphatic heterocycles. The lowest BCUT2D eigenvalue weighted by Crippen LogP contribution is -2.30. The van der Waals surface area contributed by atoms with Gasteiger partial charge in [-0.2, -0.15) is 0 Å². The van der Waals surface area contributed by atoms with Crippen molar-refractivity contribution in [3.8, 4) is 11.4 Å². The van der Waals surface area contributed by atoms with Crippen molar-refractivity contribution in [3.05, 3.63) is 108 Å². The summed E-state index contributed by atoms with van der Waals surface area (Å²) < 4.78 is 7.67. The number of aryl methyl sites for hydroxylation is 1. The lowest BCUT2D eigenvalue weighted by Gasteiger charge is -2.29. The summed E-state index contributed by atoms with van der Waals surface area (Å²) in [5, 5.41) is 4.24. The zero-order valence-corrected chi connectivity index (χ0v) is 19.5. The first-order valence-electron chi connectivity index (χ1n) is 11.1. The highest BCUT2D eigenvalue weighted by Crippen LogP contribution is 2.42. The van der Waals surface area contributed by atoms with Crippen LogP contribution < -0.4 is 15.0 Å². The van der Waals surface area contributed by atoms with Crippen molar-refractivity contribution in [1.82, 2.24) is 14.9 Å². The molecule has 0 saturated carbocycles. The lowest BCUT2D eigenvalue weighted by atomic mass is 10.0. The summed E-state index contributed by atoms with van der Waals surface area (Å²) in [5.41, 5.74) is 5.47. The number of nitrogens with one attached hydrogen (secondary N) is 1. The van der Waals surface area contributed by atoms with Gasteiger partial charge in [-0.15, -0.1) is 0 Å². The van der Waals surface area contributed by atoms with E-state index >= 15 is 0 Å². The van der Waals surface area contributed by atoms with Crippen molar-refractivity contribution in [1.29, 1.82) is 0 Å². The van der Waals surface area contributed by atoms with E-state index in [2.05, 4.69) is 81.4 Å².